The number of nitrogens with zero attached hydrogens (tertiary/aromatic N) is 4. The second kappa shape index (κ2) is 8.95. The van der Waals surface area contributed by atoms with E-state index in [1.54, 1.807) is 29.2 Å². The highest BCUT2D eigenvalue weighted by atomic mass is 35.5. The number of benzene rings is 1. The maximum Gasteiger partial charge on any atom is 0.259 e. The van der Waals surface area contributed by atoms with E-state index in [9.17, 15) is 14.0 Å². The van der Waals surface area contributed by atoms with Crippen LogP contribution < -0.4 is 0 Å². The Kier molecular flexibility index (Phi) is 6.34. The molecule has 6 nitrogen and oxygen atoms in total. The lowest BCUT2D eigenvalue weighted by Gasteiger charge is -2.46. The number of amides is 2. The average molecular weight is 483 g/mol. The van der Waals surface area contributed by atoms with Crippen LogP contribution in [0.15, 0.2) is 48.0 Å². The monoisotopic (exact) mass is 482 g/mol. The van der Waals surface area contributed by atoms with Gasteiger partial charge in [0.25, 0.3) is 5.91 Å². The molecule has 2 amide bonds. The molecule has 3 atom stereocenters. The first-order valence-corrected chi connectivity index (χ1v) is 11.8. The number of aromatic nitrogens is 1. The second-order valence-electron chi connectivity index (χ2n) is 9.17. The summed E-state index contributed by atoms with van der Waals surface area (Å²) in [4.78, 5) is 38.7. The van der Waals surface area contributed by atoms with E-state index in [0.29, 0.717) is 42.3 Å². The SMILES string of the molecule is C=CC(=O)N1C[C@H](C)N(C2=NC(=O)C(C)(CC)c3nc(-c4ccccc4F)c(Cl)cc32)C[C@H]1C. The van der Waals surface area contributed by atoms with Gasteiger partial charge < -0.3 is 9.80 Å². The van der Waals surface area contributed by atoms with E-state index in [2.05, 4.69) is 11.6 Å². The molecule has 8 heteroatoms. The Morgan fingerprint density at radius 1 is 1.26 bits per heavy atom. The summed E-state index contributed by atoms with van der Waals surface area (Å²) in [5, 5.41) is 0.283. The molecule has 2 aliphatic rings. The van der Waals surface area contributed by atoms with E-state index < -0.39 is 11.2 Å². The van der Waals surface area contributed by atoms with E-state index in [4.69, 9.17) is 16.6 Å². The van der Waals surface area contributed by atoms with Crippen molar-refractivity contribution in [3.63, 3.8) is 0 Å². The summed E-state index contributed by atoms with van der Waals surface area (Å²) >= 11 is 6.64. The third-order valence-electron chi connectivity index (χ3n) is 6.97. The van der Waals surface area contributed by atoms with Gasteiger partial charge in [0, 0.05) is 36.3 Å². The highest BCUT2D eigenvalue weighted by Crippen LogP contribution is 2.40. The molecule has 178 valence electrons. The minimum atomic E-state index is -0.959. The first-order valence-electron chi connectivity index (χ1n) is 11.4. The number of hydrogen-bond acceptors (Lipinski definition) is 4. The summed E-state index contributed by atoms with van der Waals surface area (Å²) < 4.78 is 14.6. The van der Waals surface area contributed by atoms with E-state index in [1.165, 1.54) is 12.1 Å². The molecule has 34 heavy (non-hydrogen) atoms. The van der Waals surface area contributed by atoms with Crippen LogP contribution >= 0.6 is 11.6 Å². The van der Waals surface area contributed by atoms with Crippen LogP contribution in [0.3, 0.4) is 0 Å². The van der Waals surface area contributed by atoms with Crippen molar-refractivity contribution in [2.75, 3.05) is 13.1 Å². The van der Waals surface area contributed by atoms with Crippen LogP contribution in [0.1, 0.15) is 45.4 Å². The van der Waals surface area contributed by atoms with Crippen molar-refractivity contribution < 1.29 is 14.0 Å². The average Bonchev–Trinajstić information content (AvgIpc) is 2.82. The Labute approximate surface area is 204 Å². The minimum Gasteiger partial charge on any atom is -0.349 e. The third-order valence-corrected chi connectivity index (χ3v) is 7.26. The van der Waals surface area contributed by atoms with E-state index in [1.807, 2.05) is 32.6 Å². The summed E-state index contributed by atoms with van der Waals surface area (Å²) in [7, 11) is 0. The first-order chi connectivity index (χ1) is 16.1. The Morgan fingerprint density at radius 2 is 1.97 bits per heavy atom. The van der Waals surface area contributed by atoms with Gasteiger partial charge in [-0.15, -0.1) is 0 Å². The Morgan fingerprint density at radius 3 is 2.62 bits per heavy atom. The fraction of sp³-hybridized carbons (Fsp3) is 0.385. The summed E-state index contributed by atoms with van der Waals surface area (Å²) in [6.07, 6.45) is 1.80. The van der Waals surface area contributed by atoms with Crippen molar-refractivity contribution in [2.24, 2.45) is 4.99 Å². The number of halogens is 2. The highest BCUT2D eigenvalue weighted by Gasteiger charge is 2.45. The number of rotatable bonds is 3. The molecule has 1 saturated heterocycles. The van der Waals surface area contributed by atoms with Gasteiger partial charge in [-0.05, 0) is 51.5 Å². The van der Waals surface area contributed by atoms with E-state index >= 15 is 0 Å². The molecule has 3 heterocycles. The lowest BCUT2D eigenvalue weighted by Crippen LogP contribution is -2.60. The number of piperazine rings is 1. The van der Waals surface area contributed by atoms with Gasteiger partial charge in [0.2, 0.25) is 5.91 Å². The summed E-state index contributed by atoms with van der Waals surface area (Å²) in [5.74, 6) is -0.364. The summed E-state index contributed by atoms with van der Waals surface area (Å²) in [6.45, 7) is 12.2. The largest absolute Gasteiger partial charge is 0.349 e. The zero-order valence-electron chi connectivity index (χ0n) is 19.8. The van der Waals surface area contributed by atoms with Gasteiger partial charge in [-0.25, -0.2) is 9.37 Å². The third kappa shape index (κ3) is 3.82. The van der Waals surface area contributed by atoms with E-state index in [0.717, 1.165) is 0 Å². The van der Waals surface area contributed by atoms with Crippen LogP contribution in [0.4, 0.5) is 4.39 Å². The predicted molar refractivity (Wildman–Crippen MR) is 131 cm³/mol. The predicted octanol–water partition coefficient (Wildman–Crippen LogP) is 4.60. The normalized spacial score (nSPS) is 24.5. The molecular formula is C26H28ClFN4O2. The summed E-state index contributed by atoms with van der Waals surface area (Å²) in [6, 6.07) is 7.84. The number of fused-ring (bicyclic) bond motifs is 1. The Bertz CT molecular complexity index is 1210. The topological polar surface area (TPSA) is 65.9 Å². The van der Waals surface area contributed by atoms with Gasteiger partial charge in [0.1, 0.15) is 11.7 Å². The van der Waals surface area contributed by atoms with E-state index in [-0.39, 0.29) is 34.5 Å². The van der Waals surface area contributed by atoms with Crippen LogP contribution in [0.2, 0.25) is 5.02 Å². The molecule has 0 spiro atoms. The van der Waals surface area contributed by atoms with Crippen LogP contribution in [-0.4, -0.2) is 57.6 Å². The number of hydrogen-bond donors (Lipinski definition) is 0. The number of pyridine rings is 1. The lowest BCUT2D eigenvalue weighted by atomic mass is 9.78. The lowest BCUT2D eigenvalue weighted by molar-refractivity contribution is -0.131. The molecule has 0 saturated carbocycles. The highest BCUT2D eigenvalue weighted by molar-refractivity contribution is 6.33. The molecule has 2 aromatic rings. The maximum atomic E-state index is 14.6. The van der Waals surface area contributed by atoms with Crippen molar-refractivity contribution in [3.05, 3.63) is 65.1 Å². The van der Waals surface area contributed by atoms with Crippen LogP contribution in [0.25, 0.3) is 11.3 Å². The zero-order valence-corrected chi connectivity index (χ0v) is 20.6. The molecular weight excluding hydrogens is 455 g/mol. The molecule has 0 aliphatic carbocycles. The molecule has 2 aliphatic heterocycles. The first kappa shape index (κ1) is 24.1. The number of aliphatic imine (C=N–C) groups is 1. The second-order valence-corrected chi connectivity index (χ2v) is 9.57. The fourth-order valence-corrected chi connectivity index (χ4v) is 4.94. The minimum absolute atomic E-state index is 0.101. The smallest absolute Gasteiger partial charge is 0.259 e. The number of carbonyl (C=O) groups excluding carboxylic acids is 2. The van der Waals surface area contributed by atoms with Crippen LogP contribution in [0.5, 0.6) is 0 Å². The summed E-state index contributed by atoms with van der Waals surface area (Å²) in [5.41, 5.74) is 0.825. The van der Waals surface area contributed by atoms with Gasteiger partial charge >= 0.3 is 0 Å². The fourth-order valence-electron chi connectivity index (χ4n) is 4.69. The van der Waals surface area contributed by atoms with Crippen LogP contribution in [-0.2, 0) is 15.0 Å². The van der Waals surface area contributed by atoms with Crippen molar-refractivity contribution >= 4 is 29.3 Å². The number of carbonyl (C=O) groups is 2. The quantitative estimate of drug-likeness (QED) is 0.599. The molecule has 0 N–H and O–H groups in total. The van der Waals surface area contributed by atoms with Crippen molar-refractivity contribution in [1.29, 1.82) is 0 Å². The van der Waals surface area contributed by atoms with Crippen molar-refractivity contribution in [3.8, 4) is 11.3 Å². The molecule has 1 fully saturated rings. The number of amidine groups is 1. The van der Waals surface area contributed by atoms with Gasteiger partial charge in [-0.1, -0.05) is 37.2 Å². The van der Waals surface area contributed by atoms with Gasteiger partial charge in [-0.3, -0.25) is 9.59 Å². The van der Waals surface area contributed by atoms with Crippen molar-refractivity contribution in [1.82, 2.24) is 14.8 Å². The molecule has 4 rings (SSSR count). The standard InChI is InChI=1S/C26H28ClFN4O2/c1-6-21(33)31-13-16(4)32(14-15(31)3)24-18-12-19(27)22(17-10-8-9-11-20(17)28)29-23(18)26(5,7-2)25(34)30-24/h6,8-12,15-16H,1,7,13-14H2,2-5H3/t15-,16+,26?/m1/s1. The maximum absolute atomic E-state index is 14.6. The van der Waals surface area contributed by atoms with Gasteiger partial charge in [0.15, 0.2) is 0 Å². The van der Waals surface area contributed by atoms with Crippen LogP contribution in [0, 0.1) is 5.82 Å². The molecule has 1 aromatic carbocycles. The molecule has 1 unspecified atom stereocenters. The van der Waals surface area contributed by atoms with Gasteiger partial charge in [0.05, 0.1) is 21.8 Å². The molecule has 1 aromatic heterocycles. The Balaban J connectivity index is 1.84. The molecule has 0 bridgehead atoms. The molecule has 0 radical (unpaired) electrons. The van der Waals surface area contributed by atoms with Crippen molar-refractivity contribution in [2.45, 2.75) is 51.6 Å². The Hall–Kier alpha value is -3.06. The van der Waals surface area contributed by atoms with Gasteiger partial charge in [-0.2, -0.15) is 4.99 Å². The zero-order chi connectivity index (χ0) is 24.8.